The van der Waals surface area contributed by atoms with Gasteiger partial charge in [0.05, 0.1) is 5.69 Å². The van der Waals surface area contributed by atoms with Gasteiger partial charge in [-0.05, 0) is 55.4 Å². The molecule has 1 aromatic heterocycles. The number of hydrogen-bond acceptors (Lipinski definition) is 10. The minimum atomic E-state index is -0.851. The second kappa shape index (κ2) is 14.6. The highest BCUT2D eigenvalue weighted by Gasteiger charge is 2.54. The van der Waals surface area contributed by atoms with Crippen LogP contribution in [-0.4, -0.2) is 56.5 Å². The number of nitrogens with one attached hydrogen (secondary N) is 1. The highest BCUT2D eigenvalue weighted by Crippen LogP contribution is 2.42. The predicted molar refractivity (Wildman–Crippen MR) is 179 cm³/mol. The number of benzene rings is 2. The number of hydrogen-bond donors (Lipinski definition) is 2. The van der Waals surface area contributed by atoms with Gasteiger partial charge < -0.3 is 20.5 Å². The molecule has 0 aliphatic carbocycles. The number of nitrogens with two attached hydrogens (primary N) is 1. The van der Waals surface area contributed by atoms with Crippen molar-refractivity contribution in [3.05, 3.63) is 106 Å². The molecule has 0 bridgehead atoms. The van der Waals surface area contributed by atoms with E-state index in [9.17, 15) is 19.2 Å². The van der Waals surface area contributed by atoms with Crippen LogP contribution in [-0.2, 0) is 30.3 Å². The fourth-order valence-electron chi connectivity index (χ4n) is 4.82. The molecule has 3 amide bonds. The van der Waals surface area contributed by atoms with E-state index in [0.29, 0.717) is 17.7 Å². The predicted octanol–water partition coefficient (Wildman–Crippen LogP) is 5.56. The smallest absolute Gasteiger partial charge is 0.408 e. The molecule has 46 heavy (non-hydrogen) atoms. The molecule has 0 radical (unpaired) electrons. The lowest BCUT2D eigenvalue weighted by Gasteiger charge is -2.49. The van der Waals surface area contributed by atoms with E-state index in [-0.39, 0.29) is 18.0 Å². The summed E-state index contributed by atoms with van der Waals surface area (Å²) in [7, 11) is 0. The van der Waals surface area contributed by atoms with Crippen molar-refractivity contribution in [3.8, 4) is 0 Å². The molecular weight excluding hydrogens is 645 g/mol. The van der Waals surface area contributed by atoms with Gasteiger partial charge in [0.15, 0.2) is 10.4 Å². The Morgan fingerprint density at radius 3 is 2.37 bits per heavy atom. The number of allylic oxidation sites excluding steroid dienone is 1. The van der Waals surface area contributed by atoms with Crippen LogP contribution >= 0.6 is 34.9 Å². The summed E-state index contributed by atoms with van der Waals surface area (Å²) in [5, 5.41) is 5.85. The number of alkyl carbamates (subject to hydrolysis) is 1. The molecular formula is C33H34N4O6S3. The van der Waals surface area contributed by atoms with E-state index >= 15 is 0 Å². The van der Waals surface area contributed by atoms with E-state index in [1.165, 1.54) is 39.8 Å². The molecule has 1 saturated heterocycles. The number of thiazole rings is 1. The zero-order valence-electron chi connectivity index (χ0n) is 25.5. The van der Waals surface area contributed by atoms with Crippen molar-refractivity contribution in [2.45, 2.75) is 61.1 Å². The normalized spacial score (nSPS) is 17.9. The van der Waals surface area contributed by atoms with Crippen molar-refractivity contribution < 1.29 is 28.7 Å². The fraction of sp³-hybridized carbons (Fsp3) is 0.303. The van der Waals surface area contributed by atoms with Crippen LogP contribution < -0.4 is 11.1 Å². The Labute approximate surface area is 279 Å². The maximum Gasteiger partial charge on any atom is 0.408 e. The van der Waals surface area contributed by atoms with E-state index in [4.69, 9.17) is 15.2 Å². The maximum absolute atomic E-state index is 14.1. The molecule has 3 heterocycles. The summed E-state index contributed by atoms with van der Waals surface area (Å²) in [5.41, 5.74) is 7.61. The first-order valence-electron chi connectivity index (χ1n) is 14.5. The molecule has 5 rings (SSSR count). The molecule has 2 aliphatic rings. The average molecular weight is 679 g/mol. The standard InChI is InChI=1S/C33H34N4O6S3/c1-33(2,3)43-31(41)36-25-28(39)37-26(30(40)42-27(20-10-6-4-7-11-20)21-12-8-5-9-13-21)22(18-45-29(25)37)16-17-44-32-35-23(19-46-32)14-15-24(34)38/h4-13,16-17,19,25,27,29H,14-15,18H2,1-3H3,(H2,34,38)(H,36,41)/t25-,29-/m1/s1. The van der Waals surface area contributed by atoms with E-state index in [2.05, 4.69) is 10.3 Å². The van der Waals surface area contributed by atoms with Gasteiger partial charge in [0.2, 0.25) is 5.91 Å². The number of amides is 3. The molecule has 1 fully saturated rings. The maximum atomic E-state index is 14.1. The van der Waals surface area contributed by atoms with Gasteiger partial charge in [0.25, 0.3) is 5.91 Å². The van der Waals surface area contributed by atoms with Crippen LogP contribution in [0.3, 0.4) is 0 Å². The van der Waals surface area contributed by atoms with Gasteiger partial charge in [-0.25, -0.2) is 14.6 Å². The third kappa shape index (κ3) is 8.20. The van der Waals surface area contributed by atoms with Gasteiger partial charge in [-0.2, -0.15) is 0 Å². The Morgan fingerprint density at radius 1 is 1.11 bits per heavy atom. The number of esters is 1. The Bertz CT molecular complexity index is 1610. The summed E-state index contributed by atoms with van der Waals surface area (Å²) in [6, 6.07) is 18.0. The van der Waals surface area contributed by atoms with Crippen molar-refractivity contribution >= 4 is 58.7 Å². The summed E-state index contributed by atoms with van der Waals surface area (Å²) < 4.78 is 12.3. The van der Waals surface area contributed by atoms with Crippen LogP contribution in [0.5, 0.6) is 0 Å². The number of aromatic nitrogens is 1. The number of ether oxygens (including phenoxy) is 2. The Morgan fingerprint density at radius 2 is 1.76 bits per heavy atom. The van der Waals surface area contributed by atoms with Crippen molar-refractivity contribution in [1.29, 1.82) is 0 Å². The van der Waals surface area contributed by atoms with Gasteiger partial charge in [-0.15, -0.1) is 23.1 Å². The van der Waals surface area contributed by atoms with Gasteiger partial charge in [0.1, 0.15) is 22.7 Å². The van der Waals surface area contributed by atoms with Gasteiger partial charge in [0, 0.05) is 17.6 Å². The molecule has 13 heteroatoms. The van der Waals surface area contributed by atoms with E-state index in [1.54, 1.807) is 26.8 Å². The van der Waals surface area contributed by atoms with Crippen LogP contribution in [0.15, 0.2) is 93.1 Å². The molecule has 0 saturated carbocycles. The van der Waals surface area contributed by atoms with Crippen molar-refractivity contribution in [2.75, 3.05) is 5.75 Å². The lowest BCUT2D eigenvalue weighted by molar-refractivity contribution is -0.153. The van der Waals surface area contributed by atoms with E-state index in [0.717, 1.165) is 21.2 Å². The lowest BCUT2D eigenvalue weighted by Crippen LogP contribution is -2.70. The zero-order valence-corrected chi connectivity index (χ0v) is 28.0. The summed E-state index contributed by atoms with van der Waals surface area (Å²) in [5.74, 6) is -1.07. The Kier molecular flexibility index (Phi) is 10.5. The van der Waals surface area contributed by atoms with Crippen LogP contribution in [0.4, 0.5) is 4.79 Å². The number of fused-ring (bicyclic) bond motifs is 1. The SMILES string of the molecule is CC(C)(C)OC(=O)N[C@@H]1C(=O)N2C(C(=O)OC(c3ccccc3)c3ccccc3)=C(C=CSc3nc(CCC(N)=O)cs3)CS[C@H]12. The van der Waals surface area contributed by atoms with Gasteiger partial charge in [-0.1, -0.05) is 72.4 Å². The monoisotopic (exact) mass is 678 g/mol. The second-order valence-corrected chi connectivity index (χ2v) is 14.6. The van der Waals surface area contributed by atoms with Crippen molar-refractivity contribution in [2.24, 2.45) is 5.73 Å². The molecule has 2 aliphatic heterocycles. The number of aryl methyl sites for hydroxylation is 1. The first kappa shape index (κ1) is 33.3. The summed E-state index contributed by atoms with van der Waals surface area (Å²) in [6.45, 7) is 5.23. The minimum Gasteiger partial charge on any atom is -0.448 e. The zero-order chi connectivity index (χ0) is 32.8. The Hall–Kier alpha value is -4.07. The largest absolute Gasteiger partial charge is 0.448 e. The van der Waals surface area contributed by atoms with Gasteiger partial charge >= 0.3 is 12.1 Å². The number of carbonyl (C=O) groups excluding carboxylic acids is 4. The highest BCUT2D eigenvalue weighted by molar-refractivity contribution is 8.03. The molecule has 3 N–H and O–H groups in total. The summed E-state index contributed by atoms with van der Waals surface area (Å²) >= 11 is 4.24. The van der Waals surface area contributed by atoms with Crippen LogP contribution in [0.2, 0.25) is 0 Å². The molecule has 3 aromatic rings. The number of rotatable bonds is 11. The van der Waals surface area contributed by atoms with E-state index in [1.807, 2.05) is 71.5 Å². The van der Waals surface area contributed by atoms with Crippen LogP contribution in [0.1, 0.15) is 50.1 Å². The fourth-order valence-corrected chi connectivity index (χ4v) is 7.77. The molecule has 10 nitrogen and oxygen atoms in total. The van der Waals surface area contributed by atoms with Gasteiger partial charge in [-0.3, -0.25) is 14.5 Å². The van der Waals surface area contributed by atoms with Crippen LogP contribution in [0.25, 0.3) is 0 Å². The third-order valence-electron chi connectivity index (χ3n) is 6.89. The topological polar surface area (TPSA) is 141 Å². The number of primary amides is 1. The lowest BCUT2D eigenvalue weighted by atomic mass is 10.0. The number of carbonyl (C=O) groups is 4. The molecule has 0 spiro atoms. The molecule has 2 atom stereocenters. The van der Waals surface area contributed by atoms with E-state index < -0.39 is 41.1 Å². The summed E-state index contributed by atoms with van der Waals surface area (Å²) in [6.07, 6.45) is 1.07. The summed E-state index contributed by atoms with van der Waals surface area (Å²) in [4.78, 5) is 57.2. The van der Waals surface area contributed by atoms with Crippen molar-refractivity contribution in [1.82, 2.24) is 15.2 Å². The first-order chi connectivity index (χ1) is 22.0. The van der Waals surface area contributed by atoms with Crippen molar-refractivity contribution in [3.63, 3.8) is 0 Å². The average Bonchev–Trinajstić information content (AvgIpc) is 3.48. The third-order valence-corrected chi connectivity index (χ3v) is 10.0. The molecule has 240 valence electrons. The minimum absolute atomic E-state index is 0.131. The highest BCUT2D eigenvalue weighted by atomic mass is 32.2. The first-order valence-corrected chi connectivity index (χ1v) is 17.3. The quantitative estimate of drug-likeness (QED) is 0.151. The number of β-lactam (4-membered cyclic amide) rings is 1. The molecule has 0 unspecified atom stereocenters. The molecule has 2 aromatic carbocycles. The Balaban J connectivity index is 1.41. The number of nitrogens with zero attached hydrogens (tertiary/aromatic N) is 2. The second-order valence-electron chi connectivity index (χ2n) is 11.5. The number of thioether (sulfide) groups is 2. The van der Waals surface area contributed by atoms with Crippen LogP contribution in [0, 0.1) is 0 Å².